The van der Waals surface area contributed by atoms with Gasteiger partial charge in [-0.1, -0.05) is 36.4 Å². The third kappa shape index (κ3) is 2.35. The molecule has 1 aliphatic heterocycles. The molecule has 1 atom stereocenters. The van der Waals surface area contributed by atoms with Crippen LogP contribution in [0.15, 0.2) is 48.5 Å². The molecule has 1 heterocycles. The molecule has 5 nitrogen and oxygen atoms in total. The lowest BCUT2D eigenvalue weighted by Crippen LogP contribution is -2.36. The molecular formula is C20H18N2O3. The molecule has 0 saturated carbocycles. The van der Waals surface area contributed by atoms with Crippen molar-refractivity contribution in [3.05, 3.63) is 70.8 Å². The maximum atomic E-state index is 13.1. The molecular weight excluding hydrogens is 316 g/mol. The largest absolute Gasteiger partial charge is 0.366 e. The van der Waals surface area contributed by atoms with E-state index < -0.39 is 11.3 Å². The van der Waals surface area contributed by atoms with Gasteiger partial charge in [0.1, 0.15) is 0 Å². The lowest BCUT2D eigenvalue weighted by Gasteiger charge is -2.23. The van der Waals surface area contributed by atoms with E-state index in [0.29, 0.717) is 12.0 Å². The van der Waals surface area contributed by atoms with E-state index in [4.69, 9.17) is 5.73 Å². The summed E-state index contributed by atoms with van der Waals surface area (Å²) in [6, 6.07) is 14.6. The van der Waals surface area contributed by atoms with Crippen molar-refractivity contribution in [1.82, 2.24) is 4.90 Å². The van der Waals surface area contributed by atoms with Crippen LogP contribution >= 0.6 is 0 Å². The topological polar surface area (TPSA) is 80.5 Å². The van der Waals surface area contributed by atoms with Crippen molar-refractivity contribution >= 4 is 17.7 Å². The molecule has 2 aromatic rings. The Labute approximate surface area is 145 Å². The van der Waals surface area contributed by atoms with E-state index in [1.54, 1.807) is 24.3 Å². The van der Waals surface area contributed by atoms with Gasteiger partial charge in [-0.2, -0.15) is 0 Å². The molecule has 2 aromatic carbocycles. The van der Waals surface area contributed by atoms with E-state index in [9.17, 15) is 14.4 Å². The molecule has 0 unspecified atom stereocenters. The first-order valence-corrected chi connectivity index (χ1v) is 8.33. The zero-order valence-electron chi connectivity index (χ0n) is 13.7. The van der Waals surface area contributed by atoms with Gasteiger partial charge in [-0.25, -0.2) is 0 Å². The number of hydrogen-bond acceptors (Lipinski definition) is 3. The number of rotatable bonds is 3. The zero-order chi connectivity index (χ0) is 17.6. The van der Waals surface area contributed by atoms with Crippen molar-refractivity contribution in [1.29, 1.82) is 0 Å². The van der Waals surface area contributed by atoms with Crippen LogP contribution in [0.5, 0.6) is 0 Å². The van der Waals surface area contributed by atoms with Crippen LogP contribution in [0.1, 0.15) is 39.9 Å². The fraction of sp³-hybridized carbons (Fsp3) is 0.250. The van der Waals surface area contributed by atoms with Gasteiger partial charge in [0, 0.05) is 12.0 Å². The lowest BCUT2D eigenvalue weighted by atomic mass is 9.80. The average Bonchev–Trinajstić information content (AvgIpc) is 3.09. The average molecular weight is 334 g/mol. The number of aryl methyl sites for hydroxylation is 1. The van der Waals surface area contributed by atoms with Crippen molar-refractivity contribution < 1.29 is 14.4 Å². The summed E-state index contributed by atoms with van der Waals surface area (Å²) in [6.45, 7) is 0.223. The highest BCUT2D eigenvalue weighted by Gasteiger charge is 2.55. The van der Waals surface area contributed by atoms with Gasteiger partial charge in [0.2, 0.25) is 17.7 Å². The summed E-state index contributed by atoms with van der Waals surface area (Å²) in [5.74, 6) is -0.747. The fourth-order valence-corrected chi connectivity index (χ4v) is 4.01. The van der Waals surface area contributed by atoms with Gasteiger partial charge >= 0.3 is 0 Å². The van der Waals surface area contributed by atoms with Gasteiger partial charge in [0.25, 0.3) is 0 Å². The Morgan fingerprint density at radius 2 is 1.80 bits per heavy atom. The minimum Gasteiger partial charge on any atom is -0.366 e. The third-order valence-electron chi connectivity index (χ3n) is 5.34. The summed E-state index contributed by atoms with van der Waals surface area (Å²) in [5.41, 5.74) is 7.91. The van der Waals surface area contributed by atoms with E-state index in [-0.39, 0.29) is 24.8 Å². The molecule has 2 N–H and O–H groups in total. The number of carbonyl (C=O) groups excluding carboxylic acids is 3. The monoisotopic (exact) mass is 334 g/mol. The number of hydrogen-bond donors (Lipinski definition) is 1. The standard InChI is InChI=1S/C20H18N2O3/c21-18(24)15-7-5-13(6-8-15)12-22-17(23)11-20(19(22)25)10-9-14-3-1-2-4-16(14)20/h1-8H,9-12H2,(H2,21,24)/t20-/m1/s1. The van der Waals surface area contributed by atoms with Gasteiger partial charge in [0.15, 0.2) is 0 Å². The highest BCUT2D eigenvalue weighted by molar-refractivity contribution is 6.09. The first kappa shape index (κ1) is 15.6. The summed E-state index contributed by atoms with van der Waals surface area (Å²) in [6.07, 6.45) is 1.76. The zero-order valence-corrected chi connectivity index (χ0v) is 13.7. The van der Waals surface area contributed by atoms with Crippen LogP contribution in [0, 0.1) is 0 Å². The summed E-state index contributed by atoms with van der Waals surface area (Å²) in [5, 5.41) is 0. The fourth-order valence-electron chi connectivity index (χ4n) is 4.01. The van der Waals surface area contributed by atoms with E-state index in [1.807, 2.05) is 24.3 Å². The SMILES string of the molecule is NC(=O)c1ccc(CN2C(=O)C[C@@]3(CCc4ccccc43)C2=O)cc1. The number of benzene rings is 2. The molecule has 5 heteroatoms. The van der Waals surface area contributed by atoms with Crippen LogP contribution in [0.25, 0.3) is 0 Å². The molecule has 0 bridgehead atoms. The van der Waals surface area contributed by atoms with Crippen LogP contribution in [0.2, 0.25) is 0 Å². The summed E-state index contributed by atoms with van der Waals surface area (Å²) >= 11 is 0. The maximum Gasteiger partial charge on any atom is 0.248 e. The van der Waals surface area contributed by atoms with E-state index in [1.165, 1.54) is 4.90 Å². The quantitative estimate of drug-likeness (QED) is 0.871. The number of nitrogens with two attached hydrogens (primary N) is 1. The molecule has 3 amide bonds. The Morgan fingerprint density at radius 3 is 2.52 bits per heavy atom. The Bertz CT molecular complexity index is 888. The number of imide groups is 1. The van der Waals surface area contributed by atoms with E-state index in [0.717, 1.165) is 23.1 Å². The molecule has 1 saturated heterocycles. The number of likely N-dealkylation sites (tertiary alicyclic amines) is 1. The van der Waals surface area contributed by atoms with Gasteiger partial charge in [-0.05, 0) is 41.7 Å². The first-order chi connectivity index (χ1) is 12.0. The second-order valence-corrected chi connectivity index (χ2v) is 6.76. The Morgan fingerprint density at radius 1 is 1.08 bits per heavy atom. The second kappa shape index (κ2) is 5.55. The normalized spacial score (nSPS) is 21.8. The molecule has 4 rings (SSSR count). The Kier molecular flexibility index (Phi) is 3.46. The number of amides is 3. The van der Waals surface area contributed by atoms with E-state index in [2.05, 4.69) is 0 Å². The molecule has 0 radical (unpaired) electrons. The van der Waals surface area contributed by atoms with Crippen molar-refractivity contribution in [3.8, 4) is 0 Å². The van der Waals surface area contributed by atoms with Gasteiger partial charge in [-0.15, -0.1) is 0 Å². The lowest BCUT2D eigenvalue weighted by molar-refractivity contribution is -0.140. The smallest absolute Gasteiger partial charge is 0.248 e. The Hall–Kier alpha value is -2.95. The minimum absolute atomic E-state index is 0.110. The highest BCUT2D eigenvalue weighted by atomic mass is 16.2. The number of fused-ring (bicyclic) bond motifs is 2. The molecule has 126 valence electrons. The minimum atomic E-state index is -0.694. The second-order valence-electron chi connectivity index (χ2n) is 6.76. The Balaban J connectivity index is 1.61. The van der Waals surface area contributed by atoms with Crippen LogP contribution in [-0.4, -0.2) is 22.6 Å². The predicted octanol–water partition coefficient (Wildman–Crippen LogP) is 1.93. The van der Waals surface area contributed by atoms with Crippen molar-refractivity contribution in [2.75, 3.05) is 0 Å². The van der Waals surface area contributed by atoms with E-state index >= 15 is 0 Å². The predicted molar refractivity (Wildman–Crippen MR) is 91.6 cm³/mol. The molecule has 1 aliphatic carbocycles. The summed E-state index contributed by atoms with van der Waals surface area (Å²) in [7, 11) is 0. The van der Waals surface area contributed by atoms with Gasteiger partial charge in [0.05, 0.1) is 12.0 Å². The van der Waals surface area contributed by atoms with Gasteiger partial charge < -0.3 is 5.73 Å². The van der Waals surface area contributed by atoms with Crippen LogP contribution in [-0.2, 0) is 28.0 Å². The van der Waals surface area contributed by atoms with Crippen LogP contribution < -0.4 is 5.73 Å². The van der Waals surface area contributed by atoms with Crippen LogP contribution in [0.3, 0.4) is 0 Å². The number of nitrogens with zero attached hydrogens (tertiary/aromatic N) is 1. The molecule has 2 aliphatic rings. The van der Waals surface area contributed by atoms with Gasteiger partial charge in [-0.3, -0.25) is 19.3 Å². The first-order valence-electron chi connectivity index (χ1n) is 8.33. The van der Waals surface area contributed by atoms with Crippen molar-refractivity contribution in [2.24, 2.45) is 5.73 Å². The molecule has 1 spiro atoms. The molecule has 0 aromatic heterocycles. The number of carbonyl (C=O) groups is 3. The van der Waals surface area contributed by atoms with Crippen molar-refractivity contribution in [3.63, 3.8) is 0 Å². The van der Waals surface area contributed by atoms with Crippen molar-refractivity contribution in [2.45, 2.75) is 31.2 Å². The number of primary amides is 1. The molecule has 1 fully saturated rings. The highest BCUT2D eigenvalue weighted by Crippen LogP contribution is 2.47. The third-order valence-corrected chi connectivity index (χ3v) is 5.34. The summed E-state index contributed by atoms with van der Waals surface area (Å²) < 4.78 is 0. The van der Waals surface area contributed by atoms with Crippen LogP contribution in [0.4, 0.5) is 0 Å². The summed E-state index contributed by atoms with van der Waals surface area (Å²) in [4.78, 5) is 38.2. The molecule has 25 heavy (non-hydrogen) atoms. The maximum absolute atomic E-state index is 13.1.